The molecule has 1 aliphatic heterocycles. The zero-order valence-corrected chi connectivity index (χ0v) is 13.5. The van der Waals surface area contributed by atoms with E-state index in [2.05, 4.69) is 5.32 Å². The van der Waals surface area contributed by atoms with Crippen molar-refractivity contribution >= 4 is 29.3 Å². The largest absolute Gasteiger partial charge is 0.454 e. The van der Waals surface area contributed by atoms with Gasteiger partial charge in [0.05, 0.1) is 0 Å². The van der Waals surface area contributed by atoms with E-state index in [1.54, 1.807) is 18.2 Å². The Morgan fingerprint density at radius 2 is 2.12 bits per heavy atom. The maximum Gasteiger partial charge on any atom is 0.331 e. The third kappa shape index (κ3) is 4.36. The molecule has 24 heavy (non-hydrogen) atoms. The topological polar surface area (TPSA) is 73.9 Å². The number of ether oxygens (including phenoxy) is 3. The smallest absolute Gasteiger partial charge is 0.331 e. The normalized spacial score (nSPS) is 12.3. The van der Waals surface area contributed by atoms with Gasteiger partial charge in [-0.2, -0.15) is 0 Å². The molecule has 7 heteroatoms. The first-order chi connectivity index (χ1) is 11.7. The maximum atomic E-state index is 11.7. The van der Waals surface area contributed by atoms with Gasteiger partial charge in [0.15, 0.2) is 18.1 Å². The van der Waals surface area contributed by atoms with E-state index in [1.807, 2.05) is 23.6 Å². The number of hydrogen-bond acceptors (Lipinski definition) is 6. The van der Waals surface area contributed by atoms with E-state index < -0.39 is 5.97 Å². The zero-order valence-electron chi connectivity index (χ0n) is 12.7. The molecule has 0 unspecified atom stereocenters. The predicted molar refractivity (Wildman–Crippen MR) is 88.7 cm³/mol. The fraction of sp³-hybridized carbons (Fsp3) is 0.176. The Labute approximate surface area is 142 Å². The summed E-state index contributed by atoms with van der Waals surface area (Å²) in [7, 11) is 0. The molecule has 1 N–H and O–H groups in total. The molecular weight excluding hydrogens is 330 g/mol. The van der Waals surface area contributed by atoms with Crippen molar-refractivity contribution in [2.75, 3.05) is 13.4 Å². The lowest BCUT2D eigenvalue weighted by Gasteiger charge is -2.06. The molecule has 0 aliphatic carbocycles. The minimum atomic E-state index is -0.554. The van der Waals surface area contributed by atoms with Crippen LogP contribution in [0.2, 0.25) is 0 Å². The van der Waals surface area contributed by atoms with Gasteiger partial charge in [-0.3, -0.25) is 4.79 Å². The lowest BCUT2D eigenvalue weighted by molar-refractivity contribution is -0.143. The molecule has 1 amide bonds. The highest BCUT2D eigenvalue weighted by molar-refractivity contribution is 7.10. The molecule has 0 atom stereocenters. The standard InChI is InChI=1S/C17H15NO5S/c19-16(10-21-17(20)6-4-13-2-1-7-24-13)18-9-12-3-5-14-15(8-12)23-11-22-14/h1-8H,9-11H2,(H,18,19)/b6-4+. The molecule has 6 nitrogen and oxygen atoms in total. The Balaban J connectivity index is 1.40. The number of hydrogen-bond donors (Lipinski definition) is 1. The summed E-state index contributed by atoms with van der Waals surface area (Å²) < 4.78 is 15.4. The summed E-state index contributed by atoms with van der Waals surface area (Å²) in [5.74, 6) is 0.426. The highest BCUT2D eigenvalue weighted by Gasteiger charge is 2.13. The molecule has 3 rings (SSSR count). The van der Waals surface area contributed by atoms with Crippen molar-refractivity contribution in [2.24, 2.45) is 0 Å². The Bertz CT molecular complexity index is 754. The van der Waals surface area contributed by atoms with Gasteiger partial charge in [0.1, 0.15) is 0 Å². The molecule has 2 heterocycles. The number of amides is 1. The first kappa shape index (κ1) is 16.1. The van der Waals surface area contributed by atoms with Crippen molar-refractivity contribution in [3.05, 3.63) is 52.2 Å². The van der Waals surface area contributed by atoms with E-state index in [0.717, 1.165) is 10.4 Å². The van der Waals surface area contributed by atoms with Gasteiger partial charge >= 0.3 is 5.97 Å². The molecule has 2 aromatic rings. The maximum absolute atomic E-state index is 11.7. The van der Waals surface area contributed by atoms with E-state index in [4.69, 9.17) is 14.2 Å². The lowest BCUT2D eigenvalue weighted by atomic mass is 10.2. The highest BCUT2D eigenvalue weighted by atomic mass is 32.1. The minimum absolute atomic E-state index is 0.208. The summed E-state index contributed by atoms with van der Waals surface area (Å²) in [6, 6.07) is 9.20. The average Bonchev–Trinajstić information content (AvgIpc) is 3.26. The fourth-order valence-corrected chi connectivity index (χ4v) is 2.64. The van der Waals surface area contributed by atoms with Crippen LogP contribution in [0.1, 0.15) is 10.4 Å². The molecular formula is C17H15NO5S. The van der Waals surface area contributed by atoms with Crippen LogP contribution in [0, 0.1) is 0 Å². The molecule has 0 saturated carbocycles. The number of nitrogens with one attached hydrogen (secondary N) is 1. The number of rotatable bonds is 6. The number of benzene rings is 1. The van der Waals surface area contributed by atoms with Gasteiger partial charge < -0.3 is 19.5 Å². The molecule has 1 aromatic carbocycles. The van der Waals surface area contributed by atoms with E-state index in [-0.39, 0.29) is 19.3 Å². The monoisotopic (exact) mass is 345 g/mol. The lowest BCUT2D eigenvalue weighted by Crippen LogP contribution is -2.28. The number of thiophene rings is 1. The zero-order chi connectivity index (χ0) is 16.8. The fourth-order valence-electron chi connectivity index (χ4n) is 2.02. The molecule has 0 spiro atoms. The summed E-state index contributed by atoms with van der Waals surface area (Å²) in [4.78, 5) is 24.2. The van der Waals surface area contributed by atoms with Crippen LogP contribution in [-0.4, -0.2) is 25.3 Å². The summed E-state index contributed by atoms with van der Waals surface area (Å²) in [6.07, 6.45) is 2.95. The first-order valence-corrected chi connectivity index (χ1v) is 8.12. The minimum Gasteiger partial charge on any atom is -0.454 e. The predicted octanol–water partition coefficient (Wildman–Crippen LogP) is 2.35. The molecule has 0 fully saturated rings. The Morgan fingerprint density at radius 3 is 2.96 bits per heavy atom. The molecule has 124 valence electrons. The van der Waals surface area contributed by atoms with Gasteiger partial charge in [-0.1, -0.05) is 12.1 Å². The van der Waals surface area contributed by atoms with Crippen molar-refractivity contribution in [3.63, 3.8) is 0 Å². The van der Waals surface area contributed by atoms with E-state index in [0.29, 0.717) is 18.0 Å². The second-order valence-electron chi connectivity index (χ2n) is 4.92. The van der Waals surface area contributed by atoms with Gasteiger partial charge in [-0.05, 0) is 35.2 Å². The summed E-state index contributed by atoms with van der Waals surface area (Å²) in [5, 5.41) is 4.59. The Kier molecular flexibility index (Phi) is 5.12. The van der Waals surface area contributed by atoms with Crippen LogP contribution in [0.3, 0.4) is 0 Å². The number of carbonyl (C=O) groups is 2. The van der Waals surface area contributed by atoms with E-state index in [1.165, 1.54) is 17.4 Å². The summed E-state index contributed by atoms with van der Waals surface area (Å²) in [6.45, 7) is 0.205. The Hall–Kier alpha value is -2.80. The SMILES string of the molecule is O=C(COC(=O)/C=C/c1cccs1)NCc1ccc2c(c1)OCO2. The van der Waals surface area contributed by atoms with Crippen molar-refractivity contribution in [3.8, 4) is 11.5 Å². The summed E-state index contributed by atoms with van der Waals surface area (Å²) in [5.41, 5.74) is 0.872. The van der Waals surface area contributed by atoms with Crippen LogP contribution in [0.4, 0.5) is 0 Å². The van der Waals surface area contributed by atoms with Crippen molar-refractivity contribution in [2.45, 2.75) is 6.54 Å². The first-order valence-electron chi connectivity index (χ1n) is 7.24. The van der Waals surface area contributed by atoms with Gasteiger partial charge in [-0.25, -0.2) is 4.79 Å². The average molecular weight is 345 g/mol. The van der Waals surface area contributed by atoms with E-state index in [9.17, 15) is 9.59 Å². The van der Waals surface area contributed by atoms with Crippen LogP contribution < -0.4 is 14.8 Å². The third-order valence-electron chi connectivity index (χ3n) is 3.20. The number of fused-ring (bicyclic) bond motifs is 1. The quantitative estimate of drug-likeness (QED) is 0.643. The van der Waals surface area contributed by atoms with Crippen molar-refractivity contribution < 1.29 is 23.8 Å². The molecule has 0 radical (unpaired) electrons. The third-order valence-corrected chi connectivity index (χ3v) is 4.04. The molecule has 1 aliphatic rings. The second-order valence-corrected chi connectivity index (χ2v) is 5.90. The number of carbonyl (C=O) groups excluding carboxylic acids is 2. The van der Waals surface area contributed by atoms with Gasteiger partial charge in [-0.15, -0.1) is 11.3 Å². The Morgan fingerprint density at radius 1 is 1.25 bits per heavy atom. The van der Waals surface area contributed by atoms with Crippen LogP contribution in [0.25, 0.3) is 6.08 Å². The van der Waals surface area contributed by atoms with Crippen molar-refractivity contribution in [1.29, 1.82) is 0 Å². The highest BCUT2D eigenvalue weighted by Crippen LogP contribution is 2.32. The summed E-state index contributed by atoms with van der Waals surface area (Å²) >= 11 is 1.51. The van der Waals surface area contributed by atoms with Crippen LogP contribution >= 0.6 is 11.3 Å². The molecule has 0 bridgehead atoms. The van der Waals surface area contributed by atoms with Gasteiger partial charge in [0, 0.05) is 17.5 Å². The second kappa shape index (κ2) is 7.65. The van der Waals surface area contributed by atoms with Gasteiger partial charge in [0.25, 0.3) is 5.91 Å². The molecule has 1 aromatic heterocycles. The number of esters is 1. The van der Waals surface area contributed by atoms with Crippen LogP contribution in [-0.2, 0) is 20.9 Å². The van der Waals surface area contributed by atoms with E-state index >= 15 is 0 Å². The van der Waals surface area contributed by atoms with Crippen LogP contribution in [0.15, 0.2) is 41.8 Å². The molecule has 0 saturated heterocycles. The van der Waals surface area contributed by atoms with Crippen molar-refractivity contribution in [1.82, 2.24) is 5.32 Å². The van der Waals surface area contributed by atoms with Gasteiger partial charge in [0.2, 0.25) is 6.79 Å². The van der Waals surface area contributed by atoms with Crippen LogP contribution in [0.5, 0.6) is 11.5 Å².